The van der Waals surface area contributed by atoms with Crippen molar-refractivity contribution in [2.75, 3.05) is 19.8 Å². The number of ether oxygens (including phenoxy) is 2. The maximum atomic E-state index is 11.6. The Morgan fingerprint density at radius 2 is 2.10 bits per heavy atom. The number of fused-ring (bicyclic) bond motifs is 1. The summed E-state index contributed by atoms with van der Waals surface area (Å²) >= 11 is 3.51. The molecule has 2 N–H and O–H groups in total. The molecule has 1 aromatic carbocycles. The average molecular weight is 357 g/mol. The summed E-state index contributed by atoms with van der Waals surface area (Å²) in [5.41, 5.74) is 1.04. The number of carbonyl (C=O) groups is 1. The van der Waals surface area contributed by atoms with E-state index >= 15 is 0 Å². The Morgan fingerprint density at radius 3 is 2.86 bits per heavy atom. The standard InChI is InChI=1S/C15H21BrN2O3/c1-10(2)18-14(19)9-17-8-11-6-12(16)15-13(7-11)20-4-3-5-21-15/h6-7,10,17H,3-5,8-9H2,1-2H3,(H,18,19). The molecule has 1 aliphatic rings. The van der Waals surface area contributed by atoms with Crippen molar-refractivity contribution in [2.45, 2.75) is 32.9 Å². The van der Waals surface area contributed by atoms with Crippen molar-refractivity contribution >= 4 is 21.8 Å². The third-order valence-corrected chi connectivity index (χ3v) is 3.52. The lowest BCUT2D eigenvalue weighted by Crippen LogP contribution is -2.37. The van der Waals surface area contributed by atoms with Gasteiger partial charge in [-0.15, -0.1) is 0 Å². The molecule has 1 heterocycles. The van der Waals surface area contributed by atoms with E-state index in [2.05, 4.69) is 26.6 Å². The first-order chi connectivity index (χ1) is 10.1. The van der Waals surface area contributed by atoms with Crippen LogP contribution in [0, 0.1) is 0 Å². The molecule has 1 aromatic rings. The van der Waals surface area contributed by atoms with Crippen molar-refractivity contribution in [3.8, 4) is 11.5 Å². The highest BCUT2D eigenvalue weighted by Gasteiger charge is 2.15. The van der Waals surface area contributed by atoms with Gasteiger partial charge in [-0.1, -0.05) is 0 Å². The van der Waals surface area contributed by atoms with Crippen LogP contribution in [0.5, 0.6) is 11.5 Å². The van der Waals surface area contributed by atoms with E-state index in [0.717, 1.165) is 28.0 Å². The van der Waals surface area contributed by atoms with E-state index in [1.54, 1.807) is 0 Å². The van der Waals surface area contributed by atoms with E-state index in [1.165, 1.54) is 0 Å². The van der Waals surface area contributed by atoms with Crippen molar-refractivity contribution in [3.05, 3.63) is 22.2 Å². The summed E-state index contributed by atoms with van der Waals surface area (Å²) in [6.07, 6.45) is 0.879. The van der Waals surface area contributed by atoms with Gasteiger partial charge >= 0.3 is 0 Å². The lowest BCUT2D eigenvalue weighted by Gasteiger charge is -2.13. The van der Waals surface area contributed by atoms with Gasteiger partial charge in [0.1, 0.15) is 0 Å². The maximum Gasteiger partial charge on any atom is 0.234 e. The molecule has 21 heavy (non-hydrogen) atoms. The maximum absolute atomic E-state index is 11.6. The molecule has 6 heteroatoms. The van der Waals surface area contributed by atoms with Crippen molar-refractivity contribution in [3.63, 3.8) is 0 Å². The Hall–Kier alpha value is -1.27. The van der Waals surface area contributed by atoms with Crippen LogP contribution in [0.4, 0.5) is 0 Å². The third-order valence-electron chi connectivity index (χ3n) is 2.93. The first-order valence-corrected chi connectivity index (χ1v) is 7.93. The van der Waals surface area contributed by atoms with E-state index < -0.39 is 0 Å². The second kappa shape index (κ2) is 7.66. The lowest BCUT2D eigenvalue weighted by atomic mass is 10.2. The number of nitrogens with one attached hydrogen (secondary N) is 2. The van der Waals surface area contributed by atoms with Gasteiger partial charge in [0.15, 0.2) is 11.5 Å². The summed E-state index contributed by atoms with van der Waals surface area (Å²) in [5, 5.41) is 5.97. The number of benzene rings is 1. The second-order valence-electron chi connectivity index (χ2n) is 5.28. The van der Waals surface area contributed by atoms with Crippen molar-refractivity contribution < 1.29 is 14.3 Å². The number of halogens is 1. The van der Waals surface area contributed by atoms with Gasteiger partial charge in [-0.3, -0.25) is 4.79 Å². The highest BCUT2D eigenvalue weighted by Crippen LogP contribution is 2.38. The number of carbonyl (C=O) groups excluding carboxylic acids is 1. The molecule has 0 atom stereocenters. The molecule has 0 spiro atoms. The Kier molecular flexibility index (Phi) is 5.87. The molecule has 2 rings (SSSR count). The first kappa shape index (κ1) is 16.1. The summed E-state index contributed by atoms with van der Waals surface area (Å²) < 4.78 is 12.2. The minimum atomic E-state index is -0.00147. The minimum Gasteiger partial charge on any atom is -0.490 e. The van der Waals surface area contributed by atoms with Gasteiger partial charge in [0.25, 0.3) is 0 Å². The van der Waals surface area contributed by atoms with Gasteiger partial charge in [-0.05, 0) is 47.5 Å². The van der Waals surface area contributed by atoms with E-state index in [9.17, 15) is 4.79 Å². The highest BCUT2D eigenvalue weighted by molar-refractivity contribution is 9.10. The SMILES string of the molecule is CC(C)NC(=O)CNCc1cc(Br)c2c(c1)OCCCO2. The molecular weight excluding hydrogens is 336 g/mol. The zero-order valence-electron chi connectivity index (χ0n) is 12.4. The van der Waals surface area contributed by atoms with Crippen LogP contribution in [0.15, 0.2) is 16.6 Å². The van der Waals surface area contributed by atoms with Crippen molar-refractivity contribution in [2.24, 2.45) is 0 Å². The molecular formula is C15H21BrN2O3. The zero-order valence-corrected chi connectivity index (χ0v) is 14.0. The largest absolute Gasteiger partial charge is 0.490 e. The molecule has 0 saturated carbocycles. The summed E-state index contributed by atoms with van der Waals surface area (Å²) in [7, 11) is 0. The van der Waals surface area contributed by atoms with Crippen molar-refractivity contribution in [1.82, 2.24) is 10.6 Å². The number of hydrogen-bond acceptors (Lipinski definition) is 4. The van der Waals surface area contributed by atoms with Crippen LogP contribution in [0.1, 0.15) is 25.8 Å². The Bertz CT molecular complexity index is 506. The number of hydrogen-bond donors (Lipinski definition) is 2. The van der Waals surface area contributed by atoms with Gasteiger partial charge in [0.2, 0.25) is 5.91 Å². The fraction of sp³-hybridized carbons (Fsp3) is 0.533. The summed E-state index contributed by atoms with van der Waals surface area (Å²) in [5.74, 6) is 1.51. The molecule has 0 aliphatic carbocycles. The predicted molar refractivity (Wildman–Crippen MR) is 84.7 cm³/mol. The van der Waals surface area contributed by atoms with Gasteiger partial charge in [-0.25, -0.2) is 0 Å². The van der Waals surface area contributed by atoms with Crippen LogP contribution >= 0.6 is 15.9 Å². The second-order valence-corrected chi connectivity index (χ2v) is 6.14. The number of rotatable bonds is 5. The molecule has 0 aromatic heterocycles. The molecule has 0 saturated heterocycles. The Balaban J connectivity index is 1.93. The molecule has 0 radical (unpaired) electrons. The first-order valence-electron chi connectivity index (χ1n) is 7.14. The number of amides is 1. The van der Waals surface area contributed by atoms with E-state index in [1.807, 2.05) is 26.0 Å². The summed E-state index contributed by atoms with van der Waals surface area (Å²) in [4.78, 5) is 11.6. The predicted octanol–water partition coefficient (Wildman–Crippen LogP) is 2.22. The van der Waals surface area contributed by atoms with Crippen LogP contribution in [0.25, 0.3) is 0 Å². The van der Waals surface area contributed by atoms with Crippen molar-refractivity contribution in [1.29, 1.82) is 0 Å². The van der Waals surface area contributed by atoms with E-state index in [-0.39, 0.29) is 11.9 Å². The molecule has 1 aliphatic heterocycles. The molecule has 0 fully saturated rings. The average Bonchev–Trinajstić information content (AvgIpc) is 2.63. The molecule has 0 unspecified atom stereocenters. The van der Waals surface area contributed by atoms with Gasteiger partial charge in [0.05, 0.1) is 24.2 Å². The fourth-order valence-electron chi connectivity index (χ4n) is 2.08. The normalized spacial score (nSPS) is 13.9. The highest BCUT2D eigenvalue weighted by atomic mass is 79.9. The molecule has 5 nitrogen and oxygen atoms in total. The molecule has 1 amide bonds. The summed E-state index contributed by atoms with van der Waals surface area (Å²) in [6.45, 7) is 6.11. The van der Waals surface area contributed by atoms with Gasteiger partial charge in [-0.2, -0.15) is 0 Å². The third kappa shape index (κ3) is 4.89. The quantitative estimate of drug-likeness (QED) is 0.849. The topological polar surface area (TPSA) is 59.6 Å². The van der Waals surface area contributed by atoms with Crippen LogP contribution in [-0.2, 0) is 11.3 Å². The zero-order chi connectivity index (χ0) is 15.2. The molecule has 0 bridgehead atoms. The van der Waals surface area contributed by atoms with Crippen LogP contribution in [0.3, 0.4) is 0 Å². The van der Waals surface area contributed by atoms with Crippen LogP contribution in [0.2, 0.25) is 0 Å². The van der Waals surface area contributed by atoms with Gasteiger partial charge < -0.3 is 20.1 Å². The molecule has 116 valence electrons. The van der Waals surface area contributed by atoms with E-state index in [4.69, 9.17) is 9.47 Å². The van der Waals surface area contributed by atoms with Crippen LogP contribution in [-0.4, -0.2) is 31.7 Å². The lowest BCUT2D eigenvalue weighted by molar-refractivity contribution is -0.120. The van der Waals surface area contributed by atoms with E-state index in [0.29, 0.717) is 26.3 Å². The summed E-state index contributed by atoms with van der Waals surface area (Å²) in [6, 6.07) is 4.10. The van der Waals surface area contributed by atoms with Gasteiger partial charge in [0, 0.05) is 19.0 Å². The van der Waals surface area contributed by atoms with Crippen LogP contribution < -0.4 is 20.1 Å². The fourth-order valence-corrected chi connectivity index (χ4v) is 2.68. The minimum absolute atomic E-state index is 0.00147. The Labute approximate surface area is 133 Å². The smallest absolute Gasteiger partial charge is 0.234 e. The Morgan fingerprint density at radius 1 is 1.33 bits per heavy atom. The monoisotopic (exact) mass is 356 g/mol.